The minimum Gasteiger partial charge on any atom is -0.388 e. The maximum absolute atomic E-state index is 11.9. The van der Waals surface area contributed by atoms with Crippen molar-refractivity contribution in [3.8, 4) is 0 Å². The second-order valence-corrected chi connectivity index (χ2v) is 7.42. The Bertz CT molecular complexity index is 1080. The molecule has 0 bridgehead atoms. The van der Waals surface area contributed by atoms with Crippen molar-refractivity contribution in [2.45, 2.75) is 18.9 Å². The number of carbonyl (C=O) groups is 1. The number of nitrogens with zero attached hydrogens (tertiary/aromatic N) is 2. The van der Waals surface area contributed by atoms with Gasteiger partial charge >= 0.3 is 0 Å². The Kier molecular flexibility index (Phi) is 4.37. The Morgan fingerprint density at radius 3 is 2.66 bits per heavy atom. The SMILES string of the molecule is O=C1C=CC2=CN=C(c3ccc(C(O)Cc4ccccc4)cc3)N3CCC(=C23)N1. The molecule has 2 aromatic rings. The van der Waals surface area contributed by atoms with Crippen LogP contribution in [-0.2, 0) is 11.2 Å². The second-order valence-electron chi connectivity index (χ2n) is 7.42. The van der Waals surface area contributed by atoms with Crippen LogP contribution in [0.2, 0.25) is 0 Å². The fourth-order valence-electron chi connectivity index (χ4n) is 4.06. The molecule has 1 amide bonds. The first-order valence-corrected chi connectivity index (χ1v) is 9.79. The molecule has 5 nitrogen and oxygen atoms in total. The zero-order chi connectivity index (χ0) is 19.8. The standard InChI is InChI=1S/C24H21N3O2/c28-21(14-16-4-2-1-3-5-16)17-6-8-18(9-7-17)24-25-15-19-10-11-22(29)26-20-12-13-27(24)23(19)20/h1-11,15,21,28H,12-14H2,(H,26,29). The average Bonchev–Trinajstić information content (AvgIpc) is 3.09. The van der Waals surface area contributed by atoms with Crippen LogP contribution in [0.1, 0.15) is 29.2 Å². The summed E-state index contributed by atoms with van der Waals surface area (Å²) in [6, 6.07) is 17.9. The van der Waals surface area contributed by atoms with Gasteiger partial charge in [-0.1, -0.05) is 54.6 Å². The maximum atomic E-state index is 11.9. The third kappa shape index (κ3) is 3.30. The molecule has 3 heterocycles. The van der Waals surface area contributed by atoms with E-state index in [9.17, 15) is 9.90 Å². The van der Waals surface area contributed by atoms with E-state index in [4.69, 9.17) is 0 Å². The highest BCUT2D eigenvalue weighted by molar-refractivity contribution is 6.02. The van der Waals surface area contributed by atoms with Gasteiger partial charge in [-0.05, 0) is 17.2 Å². The van der Waals surface area contributed by atoms with Crippen LogP contribution in [0.5, 0.6) is 0 Å². The van der Waals surface area contributed by atoms with Gasteiger partial charge in [0.15, 0.2) is 0 Å². The number of benzene rings is 2. The molecular formula is C24H21N3O2. The predicted molar refractivity (Wildman–Crippen MR) is 112 cm³/mol. The van der Waals surface area contributed by atoms with Crippen molar-refractivity contribution in [3.63, 3.8) is 0 Å². The summed E-state index contributed by atoms with van der Waals surface area (Å²) in [6.45, 7) is 0.785. The van der Waals surface area contributed by atoms with E-state index in [1.807, 2.05) is 66.9 Å². The number of rotatable bonds is 4. The molecular weight excluding hydrogens is 362 g/mol. The zero-order valence-corrected chi connectivity index (χ0v) is 15.9. The first-order chi connectivity index (χ1) is 14.2. The average molecular weight is 383 g/mol. The molecule has 1 atom stereocenters. The van der Waals surface area contributed by atoms with Gasteiger partial charge in [-0.25, -0.2) is 4.99 Å². The molecule has 2 aromatic carbocycles. The molecule has 0 aliphatic carbocycles. The molecule has 144 valence electrons. The predicted octanol–water partition coefficient (Wildman–Crippen LogP) is 3.21. The summed E-state index contributed by atoms with van der Waals surface area (Å²) < 4.78 is 0. The largest absolute Gasteiger partial charge is 0.388 e. The van der Waals surface area contributed by atoms with Gasteiger partial charge in [-0.15, -0.1) is 0 Å². The van der Waals surface area contributed by atoms with Crippen molar-refractivity contribution in [1.29, 1.82) is 0 Å². The summed E-state index contributed by atoms with van der Waals surface area (Å²) in [5.41, 5.74) is 5.92. The fourth-order valence-corrected chi connectivity index (χ4v) is 4.06. The van der Waals surface area contributed by atoms with E-state index in [0.717, 1.165) is 52.5 Å². The molecule has 2 N–H and O–H groups in total. The van der Waals surface area contributed by atoms with E-state index in [1.54, 1.807) is 6.08 Å². The van der Waals surface area contributed by atoms with E-state index in [1.165, 1.54) is 0 Å². The second kappa shape index (κ2) is 7.18. The summed E-state index contributed by atoms with van der Waals surface area (Å²) in [5.74, 6) is 0.773. The molecule has 0 saturated heterocycles. The Morgan fingerprint density at radius 1 is 1.07 bits per heavy atom. The lowest BCUT2D eigenvalue weighted by atomic mass is 9.99. The molecule has 0 radical (unpaired) electrons. The lowest BCUT2D eigenvalue weighted by molar-refractivity contribution is -0.115. The van der Waals surface area contributed by atoms with Crippen molar-refractivity contribution in [1.82, 2.24) is 10.2 Å². The van der Waals surface area contributed by atoms with Crippen LogP contribution in [0.4, 0.5) is 0 Å². The molecule has 3 aliphatic heterocycles. The zero-order valence-electron chi connectivity index (χ0n) is 15.9. The normalized spacial score (nSPS) is 18.7. The van der Waals surface area contributed by atoms with E-state index in [0.29, 0.717) is 6.42 Å². The van der Waals surface area contributed by atoms with Gasteiger partial charge in [0.25, 0.3) is 0 Å². The third-order valence-corrected chi connectivity index (χ3v) is 5.51. The van der Waals surface area contributed by atoms with Crippen molar-refractivity contribution < 1.29 is 9.90 Å². The van der Waals surface area contributed by atoms with Crippen molar-refractivity contribution in [3.05, 3.63) is 107 Å². The third-order valence-electron chi connectivity index (χ3n) is 5.51. The highest BCUT2D eigenvalue weighted by Gasteiger charge is 2.32. The molecule has 3 aliphatic rings. The number of hydrogen-bond acceptors (Lipinski definition) is 4. The molecule has 5 rings (SSSR count). The molecule has 5 heteroatoms. The lowest BCUT2D eigenvalue weighted by Gasteiger charge is -2.27. The van der Waals surface area contributed by atoms with Crippen LogP contribution in [0, 0.1) is 0 Å². The molecule has 0 saturated carbocycles. The lowest BCUT2D eigenvalue weighted by Crippen LogP contribution is -2.31. The molecule has 29 heavy (non-hydrogen) atoms. The number of hydrogen-bond donors (Lipinski definition) is 2. The summed E-state index contributed by atoms with van der Waals surface area (Å²) in [4.78, 5) is 18.7. The molecule has 0 spiro atoms. The van der Waals surface area contributed by atoms with Gasteiger partial charge in [-0.2, -0.15) is 0 Å². The summed E-state index contributed by atoms with van der Waals surface area (Å²) in [6.07, 6.45) is 6.01. The van der Waals surface area contributed by atoms with Gasteiger partial charge in [0, 0.05) is 48.5 Å². The molecule has 1 unspecified atom stereocenters. The van der Waals surface area contributed by atoms with Crippen LogP contribution >= 0.6 is 0 Å². The van der Waals surface area contributed by atoms with Crippen LogP contribution < -0.4 is 5.32 Å². The van der Waals surface area contributed by atoms with Crippen molar-refractivity contribution >= 4 is 11.7 Å². The van der Waals surface area contributed by atoms with Gasteiger partial charge in [0.2, 0.25) is 5.91 Å². The van der Waals surface area contributed by atoms with Crippen molar-refractivity contribution in [2.75, 3.05) is 6.54 Å². The minimum absolute atomic E-state index is 0.0945. The number of nitrogens with one attached hydrogen (secondary N) is 1. The monoisotopic (exact) mass is 383 g/mol. The Balaban J connectivity index is 1.40. The smallest absolute Gasteiger partial charge is 0.248 e. The van der Waals surface area contributed by atoms with E-state index in [-0.39, 0.29) is 5.91 Å². The fraction of sp³-hybridized carbons (Fsp3) is 0.167. The van der Waals surface area contributed by atoms with E-state index >= 15 is 0 Å². The number of amidine groups is 1. The van der Waals surface area contributed by atoms with Gasteiger partial charge in [-0.3, -0.25) is 4.79 Å². The first-order valence-electron chi connectivity index (χ1n) is 9.79. The van der Waals surface area contributed by atoms with Crippen molar-refractivity contribution in [2.24, 2.45) is 4.99 Å². The van der Waals surface area contributed by atoms with Gasteiger partial charge < -0.3 is 15.3 Å². The number of amides is 1. The molecule has 0 aromatic heterocycles. The van der Waals surface area contributed by atoms with E-state index in [2.05, 4.69) is 15.2 Å². The van der Waals surface area contributed by atoms with E-state index < -0.39 is 6.10 Å². The highest BCUT2D eigenvalue weighted by atomic mass is 16.3. The Morgan fingerprint density at radius 2 is 1.86 bits per heavy atom. The van der Waals surface area contributed by atoms with Crippen LogP contribution in [-0.4, -0.2) is 28.3 Å². The number of aliphatic hydroxyl groups is 1. The maximum Gasteiger partial charge on any atom is 0.248 e. The quantitative estimate of drug-likeness (QED) is 0.852. The van der Waals surface area contributed by atoms with Gasteiger partial charge in [0.1, 0.15) is 5.84 Å². The summed E-state index contributed by atoms with van der Waals surface area (Å²) >= 11 is 0. The van der Waals surface area contributed by atoms with Crippen LogP contribution in [0.15, 0.2) is 94.9 Å². The number of aliphatic imine (C=N–C) groups is 1. The first kappa shape index (κ1) is 17.6. The minimum atomic E-state index is -0.547. The highest BCUT2D eigenvalue weighted by Crippen LogP contribution is 2.34. The number of allylic oxidation sites excluding steroid dienone is 1. The summed E-state index contributed by atoms with van der Waals surface area (Å²) in [5, 5.41) is 13.6. The number of aliphatic hydroxyl groups excluding tert-OH is 1. The summed E-state index contributed by atoms with van der Waals surface area (Å²) in [7, 11) is 0. The van der Waals surface area contributed by atoms with Gasteiger partial charge in [0.05, 0.1) is 11.8 Å². The Hall–Kier alpha value is -3.44. The topological polar surface area (TPSA) is 64.9 Å². The van der Waals surface area contributed by atoms with Crippen LogP contribution in [0.3, 0.4) is 0 Å². The number of carbonyl (C=O) groups excluding carboxylic acids is 1. The van der Waals surface area contributed by atoms with Crippen LogP contribution in [0.25, 0.3) is 0 Å². The molecule has 0 fully saturated rings. The Labute approximate surface area is 169 Å².